The lowest BCUT2D eigenvalue weighted by Crippen LogP contribution is -2.45. The van der Waals surface area contributed by atoms with E-state index in [-0.39, 0.29) is 19.2 Å². The number of esters is 1. The number of hydrogen-bond donors (Lipinski definition) is 1. The van der Waals surface area contributed by atoms with E-state index in [1.54, 1.807) is 39.0 Å². The monoisotopic (exact) mass is 470 g/mol. The molecule has 0 fully saturated rings. The number of benzene rings is 2. The third-order valence-electron chi connectivity index (χ3n) is 5.43. The highest BCUT2D eigenvalue weighted by molar-refractivity contribution is 6.01. The van der Waals surface area contributed by atoms with Crippen LogP contribution in [0.1, 0.15) is 36.7 Å². The minimum Gasteiger partial charge on any atom is -0.455 e. The first kappa shape index (κ1) is 25.0. The van der Waals surface area contributed by atoms with Gasteiger partial charge in [-0.2, -0.15) is 0 Å². The molecule has 3 rings (SSSR count). The van der Waals surface area contributed by atoms with E-state index in [1.165, 1.54) is 11.9 Å². The van der Waals surface area contributed by atoms with Crippen LogP contribution in [0.3, 0.4) is 0 Å². The number of Topliss-reactive ketones (excluding diaryl/α,β-unsaturated/α-hetero) is 1. The van der Waals surface area contributed by atoms with Gasteiger partial charge >= 0.3 is 12.1 Å². The third kappa shape index (κ3) is 6.26. The number of rotatable bonds is 9. The molecule has 182 valence electrons. The van der Waals surface area contributed by atoms with E-state index in [9.17, 15) is 14.4 Å². The topological polar surface area (TPSA) is 117 Å². The molecule has 1 heterocycles. The summed E-state index contributed by atoms with van der Waals surface area (Å²) in [5, 5.41) is 0. The average Bonchev–Trinajstić information content (AvgIpc) is 3.29. The van der Waals surface area contributed by atoms with Crippen molar-refractivity contribution in [1.29, 1.82) is 0 Å². The van der Waals surface area contributed by atoms with Crippen LogP contribution in [0.4, 0.5) is 4.79 Å². The lowest BCUT2D eigenvalue weighted by atomic mass is 10.0. The highest BCUT2D eigenvalue weighted by Gasteiger charge is 2.31. The van der Waals surface area contributed by atoms with Crippen LogP contribution in [0.25, 0.3) is 0 Å². The first-order valence-corrected chi connectivity index (χ1v) is 10.9. The van der Waals surface area contributed by atoms with Crippen molar-refractivity contribution in [3.05, 3.63) is 59.7 Å². The molecule has 2 unspecified atom stereocenters. The van der Waals surface area contributed by atoms with Crippen LogP contribution in [0.5, 0.6) is 11.5 Å². The van der Waals surface area contributed by atoms with Gasteiger partial charge in [0.25, 0.3) is 0 Å². The van der Waals surface area contributed by atoms with Gasteiger partial charge in [-0.25, -0.2) is 4.79 Å². The zero-order valence-electron chi connectivity index (χ0n) is 19.8. The first-order valence-electron chi connectivity index (χ1n) is 10.9. The maximum atomic E-state index is 12.8. The Balaban J connectivity index is 1.50. The van der Waals surface area contributed by atoms with Gasteiger partial charge in [0.15, 0.2) is 17.3 Å². The number of carbonyl (C=O) groups excluding carboxylic acids is 3. The van der Waals surface area contributed by atoms with E-state index in [4.69, 9.17) is 24.7 Å². The van der Waals surface area contributed by atoms with E-state index in [2.05, 4.69) is 0 Å². The van der Waals surface area contributed by atoms with Crippen LogP contribution < -0.4 is 15.2 Å². The smallest absolute Gasteiger partial charge is 0.410 e. The van der Waals surface area contributed by atoms with Crippen LogP contribution in [-0.2, 0) is 20.7 Å². The summed E-state index contributed by atoms with van der Waals surface area (Å²) in [5.74, 6) is 0.175. The second-order valence-electron chi connectivity index (χ2n) is 8.75. The Hall–Kier alpha value is -3.59. The molecule has 2 atom stereocenters. The van der Waals surface area contributed by atoms with Gasteiger partial charge in [-0.05, 0) is 51.0 Å². The largest absolute Gasteiger partial charge is 0.455 e. The second kappa shape index (κ2) is 10.6. The quantitative estimate of drug-likeness (QED) is 0.439. The fourth-order valence-electron chi connectivity index (χ4n) is 3.29. The molecule has 9 heteroatoms. The molecule has 1 aliphatic heterocycles. The SMILES string of the molecule is CC(C(=O)c1ccc2c(c1)OCO2)N(C)C(=O)OCC(C)(C)OC(=O)C(N)Cc1ccccc1. The van der Waals surface area contributed by atoms with Crippen molar-refractivity contribution in [2.45, 2.75) is 44.9 Å². The molecule has 1 aliphatic rings. The molecule has 0 radical (unpaired) electrons. The fraction of sp³-hybridized carbons (Fsp3) is 0.400. The van der Waals surface area contributed by atoms with Crippen LogP contribution >= 0.6 is 0 Å². The molecule has 2 N–H and O–H groups in total. The number of ketones is 1. The fourth-order valence-corrected chi connectivity index (χ4v) is 3.29. The first-order chi connectivity index (χ1) is 16.1. The van der Waals surface area contributed by atoms with Crippen molar-refractivity contribution in [3.8, 4) is 11.5 Å². The lowest BCUT2D eigenvalue weighted by molar-refractivity contribution is -0.161. The Morgan fingerprint density at radius 1 is 1.09 bits per heavy atom. The van der Waals surface area contributed by atoms with Crippen molar-refractivity contribution in [2.24, 2.45) is 5.73 Å². The summed E-state index contributed by atoms with van der Waals surface area (Å²) in [6.07, 6.45) is -0.392. The Morgan fingerprint density at radius 2 is 1.76 bits per heavy atom. The molecule has 2 aromatic carbocycles. The normalized spacial score (nSPS) is 14.1. The predicted molar refractivity (Wildman–Crippen MR) is 124 cm³/mol. The average molecular weight is 471 g/mol. The lowest BCUT2D eigenvalue weighted by Gasteiger charge is -2.29. The van der Waals surface area contributed by atoms with Gasteiger partial charge in [0.05, 0.1) is 6.04 Å². The Morgan fingerprint density at radius 3 is 2.47 bits per heavy atom. The van der Waals surface area contributed by atoms with Gasteiger partial charge in [-0.15, -0.1) is 0 Å². The summed E-state index contributed by atoms with van der Waals surface area (Å²) in [6.45, 7) is 4.74. The number of fused-ring (bicyclic) bond motifs is 1. The maximum absolute atomic E-state index is 12.8. The number of likely N-dealkylation sites (N-methyl/N-ethyl adjacent to an activating group) is 1. The highest BCUT2D eigenvalue weighted by atomic mass is 16.7. The number of carbonyl (C=O) groups is 3. The van der Waals surface area contributed by atoms with Gasteiger partial charge in [0.1, 0.15) is 18.2 Å². The summed E-state index contributed by atoms with van der Waals surface area (Å²) in [5.41, 5.74) is 6.18. The number of nitrogens with two attached hydrogens (primary N) is 1. The molecular weight excluding hydrogens is 440 g/mol. The van der Waals surface area contributed by atoms with E-state index in [0.29, 0.717) is 23.5 Å². The van der Waals surface area contributed by atoms with Crippen LogP contribution in [-0.4, -0.2) is 60.9 Å². The molecular formula is C25H30N2O7. The summed E-state index contributed by atoms with van der Waals surface area (Å²) >= 11 is 0. The van der Waals surface area contributed by atoms with E-state index < -0.39 is 29.7 Å². The maximum Gasteiger partial charge on any atom is 0.410 e. The van der Waals surface area contributed by atoms with Crippen molar-refractivity contribution < 1.29 is 33.3 Å². The molecule has 2 aromatic rings. The number of amides is 1. The molecule has 34 heavy (non-hydrogen) atoms. The number of hydrogen-bond acceptors (Lipinski definition) is 8. The summed E-state index contributed by atoms with van der Waals surface area (Å²) in [4.78, 5) is 39.0. The van der Waals surface area contributed by atoms with Gasteiger partial charge in [0.2, 0.25) is 6.79 Å². The third-order valence-corrected chi connectivity index (χ3v) is 5.43. The minimum absolute atomic E-state index is 0.103. The standard InChI is InChI=1S/C25H30N2O7/c1-16(22(28)18-10-11-20-21(13-18)33-15-32-20)27(4)24(30)31-14-25(2,3)34-23(29)19(26)12-17-8-6-5-7-9-17/h5-11,13,16,19H,12,14-15,26H2,1-4H3. The molecule has 9 nitrogen and oxygen atoms in total. The number of nitrogens with zero attached hydrogens (tertiary/aromatic N) is 1. The summed E-state index contributed by atoms with van der Waals surface area (Å²) in [7, 11) is 1.46. The molecule has 0 saturated carbocycles. The van der Waals surface area contributed by atoms with Gasteiger partial charge in [-0.3, -0.25) is 9.59 Å². The molecule has 1 amide bonds. The Labute approximate surface area is 198 Å². The van der Waals surface area contributed by atoms with Crippen LogP contribution in [0.2, 0.25) is 0 Å². The minimum atomic E-state index is -1.10. The van der Waals surface area contributed by atoms with E-state index in [1.807, 2.05) is 30.3 Å². The van der Waals surface area contributed by atoms with Gasteiger partial charge in [-0.1, -0.05) is 30.3 Å². The van der Waals surface area contributed by atoms with Crippen LogP contribution in [0, 0.1) is 0 Å². The second-order valence-corrected chi connectivity index (χ2v) is 8.75. The van der Waals surface area contributed by atoms with E-state index >= 15 is 0 Å². The summed E-state index contributed by atoms with van der Waals surface area (Å²) in [6, 6.07) is 12.6. The van der Waals surface area contributed by atoms with Crippen molar-refractivity contribution in [3.63, 3.8) is 0 Å². The molecule has 0 spiro atoms. The van der Waals surface area contributed by atoms with Gasteiger partial charge in [0, 0.05) is 12.6 Å². The highest BCUT2D eigenvalue weighted by Crippen LogP contribution is 2.33. The zero-order chi connectivity index (χ0) is 24.9. The summed E-state index contributed by atoms with van der Waals surface area (Å²) < 4.78 is 21.3. The predicted octanol–water partition coefficient (Wildman–Crippen LogP) is 2.95. The van der Waals surface area contributed by atoms with E-state index in [0.717, 1.165) is 5.56 Å². The molecule has 0 aromatic heterocycles. The molecule has 0 aliphatic carbocycles. The molecule has 0 bridgehead atoms. The number of ether oxygens (including phenoxy) is 4. The van der Waals surface area contributed by atoms with Crippen LogP contribution in [0.15, 0.2) is 48.5 Å². The Bertz CT molecular complexity index is 1040. The zero-order valence-corrected chi connectivity index (χ0v) is 19.8. The van der Waals surface area contributed by atoms with Crippen molar-refractivity contribution in [2.75, 3.05) is 20.4 Å². The molecule has 0 saturated heterocycles. The van der Waals surface area contributed by atoms with Crippen molar-refractivity contribution in [1.82, 2.24) is 4.90 Å². The van der Waals surface area contributed by atoms with Gasteiger partial charge < -0.3 is 29.6 Å². The van der Waals surface area contributed by atoms with Crippen molar-refractivity contribution >= 4 is 17.8 Å². The Kier molecular flexibility index (Phi) is 7.78.